The number of carboxylic acid groups (broad SMARTS) is 1. The molecule has 3 atom stereocenters. The highest BCUT2D eigenvalue weighted by atomic mass is 16.5. The van der Waals surface area contributed by atoms with E-state index in [0.717, 1.165) is 25.7 Å². The minimum Gasteiger partial charge on any atom is -0.481 e. The average molecular weight is 408 g/mol. The van der Waals surface area contributed by atoms with Crippen LogP contribution >= 0.6 is 0 Å². The van der Waals surface area contributed by atoms with E-state index in [4.69, 9.17) is 4.74 Å². The number of alkyl carbamates (subject to hydrolysis) is 1. The molecule has 0 saturated heterocycles. The Morgan fingerprint density at radius 2 is 1.67 bits per heavy atom. The van der Waals surface area contributed by atoms with Gasteiger partial charge in [-0.25, -0.2) is 4.79 Å². The molecule has 4 rings (SSSR count). The molecule has 0 heterocycles. The van der Waals surface area contributed by atoms with Gasteiger partial charge in [-0.2, -0.15) is 0 Å². The predicted octanol–water partition coefficient (Wildman–Crippen LogP) is 5.19. The topological polar surface area (TPSA) is 75.6 Å². The van der Waals surface area contributed by atoms with Crippen LogP contribution in [0.25, 0.3) is 11.1 Å². The van der Waals surface area contributed by atoms with Crippen molar-refractivity contribution < 1.29 is 19.4 Å². The second-order valence-electron chi connectivity index (χ2n) is 8.52. The smallest absolute Gasteiger partial charge is 0.407 e. The fraction of sp³-hybridized carbons (Fsp3) is 0.440. The summed E-state index contributed by atoms with van der Waals surface area (Å²) in [6, 6.07) is 16.3. The molecule has 0 radical (unpaired) electrons. The van der Waals surface area contributed by atoms with Gasteiger partial charge >= 0.3 is 12.1 Å². The van der Waals surface area contributed by atoms with E-state index in [0.29, 0.717) is 5.92 Å². The van der Waals surface area contributed by atoms with Crippen LogP contribution < -0.4 is 5.32 Å². The zero-order valence-electron chi connectivity index (χ0n) is 17.3. The van der Waals surface area contributed by atoms with Crippen molar-refractivity contribution in [2.24, 2.45) is 11.8 Å². The largest absolute Gasteiger partial charge is 0.481 e. The van der Waals surface area contributed by atoms with Gasteiger partial charge in [0.15, 0.2) is 0 Å². The van der Waals surface area contributed by atoms with Gasteiger partial charge in [0.05, 0.1) is 6.42 Å². The zero-order valence-corrected chi connectivity index (χ0v) is 17.3. The van der Waals surface area contributed by atoms with Crippen molar-refractivity contribution in [1.82, 2.24) is 5.32 Å². The maximum Gasteiger partial charge on any atom is 0.407 e. The molecule has 30 heavy (non-hydrogen) atoms. The normalized spacial score (nSPS) is 22.8. The summed E-state index contributed by atoms with van der Waals surface area (Å²) in [5.41, 5.74) is 4.75. The lowest BCUT2D eigenvalue weighted by atomic mass is 9.75. The third kappa shape index (κ3) is 4.20. The number of hydrogen-bond acceptors (Lipinski definition) is 3. The fourth-order valence-corrected chi connectivity index (χ4v) is 5.16. The van der Waals surface area contributed by atoms with Gasteiger partial charge in [-0.05, 0) is 53.4 Å². The van der Waals surface area contributed by atoms with E-state index in [1.807, 2.05) is 24.3 Å². The number of hydrogen-bond donors (Lipinski definition) is 2. The SMILES string of the molecule is CCC1CCC(NC(=O)OCC2c3ccccc3-c3ccccc32)C(CC(=O)O)C1. The quantitative estimate of drug-likeness (QED) is 0.691. The van der Waals surface area contributed by atoms with Crippen LogP contribution in [0.2, 0.25) is 0 Å². The number of carboxylic acids is 1. The van der Waals surface area contributed by atoms with Crippen LogP contribution in [0.1, 0.15) is 56.1 Å². The van der Waals surface area contributed by atoms with Gasteiger partial charge in [0.25, 0.3) is 0 Å². The molecule has 2 aliphatic rings. The summed E-state index contributed by atoms with van der Waals surface area (Å²) in [5, 5.41) is 12.2. The van der Waals surface area contributed by atoms with Crippen molar-refractivity contribution in [2.45, 2.75) is 51.0 Å². The first-order valence-electron chi connectivity index (χ1n) is 10.9. The Balaban J connectivity index is 1.41. The third-order valence-electron chi connectivity index (χ3n) is 6.75. The van der Waals surface area contributed by atoms with Crippen molar-refractivity contribution in [3.63, 3.8) is 0 Å². The summed E-state index contributed by atoms with van der Waals surface area (Å²) in [6.45, 7) is 2.41. The molecule has 158 valence electrons. The fourth-order valence-electron chi connectivity index (χ4n) is 5.16. The van der Waals surface area contributed by atoms with Gasteiger partial charge in [0, 0.05) is 12.0 Å². The molecular weight excluding hydrogens is 378 g/mol. The number of fused-ring (bicyclic) bond motifs is 3. The molecule has 5 nitrogen and oxygen atoms in total. The number of amides is 1. The molecule has 2 aromatic rings. The Hall–Kier alpha value is -2.82. The van der Waals surface area contributed by atoms with Gasteiger partial charge < -0.3 is 15.2 Å². The van der Waals surface area contributed by atoms with E-state index in [1.165, 1.54) is 22.3 Å². The van der Waals surface area contributed by atoms with Gasteiger partial charge in [-0.1, -0.05) is 61.9 Å². The molecule has 3 unspecified atom stereocenters. The molecule has 2 aliphatic carbocycles. The summed E-state index contributed by atoms with van der Waals surface area (Å²) < 4.78 is 5.65. The van der Waals surface area contributed by atoms with Crippen molar-refractivity contribution >= 4 is 12.1 Å². The molecule has 2 N–H and O–H groups in total. The van der Waals surface area contributed by atoms with E-state index >= 15 is 0 Å². The Labute approximate surface area is 177 Å². The summed E-state index contributed by atoms with van der Waals surface area (Å²) >= 11 is 0. The molecule has 0 aromatic heterocycles. The maximum absolute atomic E-state index is 12.6. The molecule has 0 bridgehead atoms. The standard InChI is InChI=1S/C25H29NO4/c1-2-16-11-12-23(17(13-16)14-24(27)28)26-25(29)30-15-22-20-9-5-3-7-18(20)19-8-4-6-10-21(19)22/h3-10,16-17,22-23H,2,11-15H2,1H3,(H,26,29)(H,27,28). The molecule has 1 fully saturated rings. The Bertz CT molecular complexity index is 879. The zero-order chi connectivity index (χ0) is 21.1. The van der Waals surface area contributed by atoms with Gasteiger partial charge in [-0.15, -0.1) is 0 Å². The molecule has 2 aromatic carbocycles. The highest BCUT2D eigenvalue weighted by Gasteiger charge is 2.33. The number of nitrogens with one attached hydrogen (secondary N) is 1. The molecule has 5 heteroatoms. The molecule has 0 spiro atoms. The van der Waals surface area contributed by atoms with Crippen LogP contribution in [-0.2, 0) is 9.53 Å². The van der Waals surface area contributed by atoms with Gasteiger partial charge in [-0.3, -0.25) is 4.79 Å². The van der Waals surface area contributed by atoms with Crippen LogP contribution in [-0.4, -0.2) is 29.8 Å². The highest BCUT2D eigenvalue weighted by molar-refractivity contribution is 5.79. The summed E-state index contributed by atoms with van der Waals surface area (Å²) in [6.07, 6.45) is 3.35. The predicted molar refractivity (Wildman–Crippen MR) is 115 cm³/mol. The second-order valence-corrected chi connectivity index (χ2v) is 8.52. The second kappa shape index (κ2) is 8.90. The number of carbonyl (C=O) groups excluding carboxylic acids is 1. The number of carbonyl (C=O) groups is 2. The van der Waals surface area contributed by atoms with E-state index in [-0.39, 0.29) is 30.9 Å². The van der Waals surface area contributed by atoms with Gasteiger partial charge in [0.2, 0.25) is 0 Å². The first-order valence-corrected chi connectivity index (χ1v) is 10.9. The first-order chi connectivity index (χ1) is 14.6. The Morgan fingerprint density at radius 3 is 2.27 bits per heavy atom. The first kappa shape index (κ1) is 20.5. The average Bonchev–Trinajstić information content (AvgIpc) is 3.07. The Morgan fingerprint density at radius 1 is 1.03 bits per heavy atom. The number of rotatable bonds is 6. The minimum atomic E-state index is -0.809. The van der Waals surface area contributed by atoms with Crippen LogP contribution in [0, 0.1) is 11.8 Å². The van der Waals surface area contributed by atoms with E-state index in [9.17, 15) is 14.7 Å². The van der Waals surface area contributed by atoms with E-state index < -0.39 is 12.1 Å². The number of benzene rings is 2. The summed E-state index contributed by atoms with van der Waals surface area (Å²) in [5.74, 6) is -0.290. The molecule has 1 saturated carbocycles. The van der Waals surface area contributed by atoms with Crippen molar-refractivity contribution in [2.75, 3.05) is 6.61 Å². The van der Waals surface area contributed by atoms with E-state index in [2.05, 4.69) is 36.5 Å². The molecule has 1 amide bonds. The lowest BCUT2D eigenvalue weighted by Gasteiger charge is -2.35. The maximum atomic E-state index is 12.6. The summed E-state index contributed by atoms with van der Waals surface area (Å²) in [4.78, 5) is 23.9. The molecular formula is C25H29NO4. The van der Waals surface area contributed by atoms with Crippen molar-refractivity contribution in [1.29, 1.82) is 0 Å². The van der Waals surface area contributed by atoms with Crippen LogP contribution in [0.3, 0.4) is 0 Å². The minimum absolute atomic E-state index is 0.0220. The summed E-state index contributed by atoms with van der Waals surface area (Å²) in [7, 11) is 0. The van der Waals surface area contributed by atoms with Crippen LogP contribution in [0.15, 0.2) is 48.5 Å². The third-order valence-corrected chi connectivity index (χ3v) is 6.75. The lowest BCUT2D eigenvalue weighted by Crippen LogP contribution is -2.44. The molecule has 0 aliphatic heterocycles. The number of aliphatic carboxylic acids is 1. The van der Waals surface area contributed by atoms with E-state index in [1.54, 1.807) is 0 Å². The monoisotopic (exact) mass is 407 g/mol. The number of ether oxygens (including phenoxy) is 1. The highest BCUT2D eigenvalue weighted by Crippen LogP contribution is 2.44. The van der Waals surface area contributed by atoms with Crippen LogP contribution in [0.5, 0.6) is 0 Å². The van der Waals surface area contributed by atoms with Crippen molar-refractivity contribution in [3.8, 4) is 11.1 Å². The van der Waals surface area contributed by atoms with Crippen molar-refractivity contribution in [3.05, 3.63) is 59.7 Å². The van der Waals surface area contributed by atoms with Crippen LogP contribution in [0.4, 0.5) is 4.79 Å². The van der Waals surface area contributed by atoms with Gasteiger partial charge in [0.1, 0.15) is 6.61 Å². The Kier molecular flexibility index (Phi) is 6.07. The lowest BCUT2D eigenvalue weighted by molar-refractivity contribution is -0.138.